The largest absolute Gasteiger partial charge is 0.277 e. The molecule has 0 atom stereocenters. The van der Waals surface area contributed by atoms with Crippen molar-refractivity contribution in [2.24, 2.45) is 5.11 Å². The summed E-state index contributed by atoms with van der Waals surface area (Å²) < 4.78 is 0. The Balaban J connectivity index is 2.11. The molecule has 0 saturated carbocycles. The first-order valence-corrected chi connectivity index (χ1v) is 5.68. The van der Waals surface area contributed by atoms with Gasteiger partial charge in [0, 0.05) is 22.6 Å². The van der Waals surface area contributed by atoms with Crippen molar-refractivity contribution in [3.8, 4) is 11.3 Å². The van der Waals surface area contributed by atoms with E-state index in [2.05, 4.69) is 20.2 Å². The van der Waals surface area contributed by atoms with Gasteiger partial charge in [-0.1, -0.05) is 47.6 Å². The highest BCUT2D eigenvalue weighted by atomic mass is 15.1. The van der Waals surface area contributed by atoms with Crippen molar-refractivity contribution in [1.82, 2.24) is 10.2 Å². The van der Waals surface area contributed by atoms with Gasteiger partial charge >= 0.3 is 0 Å². The Morgan fingerprint density at radius 3 is 2.94 bits per heavy atom. The number of nitrogens with one attached hydrogen (secondary N) is 1. The number of aromatic nitrogens is 2. The average Bonchev–Trinajstić information content (AvgIpc) is 2.88. The Morgan fingerprint density at radius 2 is 2.17 bits per heavy atom. The molecule has 0 radical (unpaired) electrons. The minimum Gasteiger partial charge on any atom is -0.277 e. The summed E-state index contributed by atoms with van der Waals surface area (Å²) in [6.07, 6.45) is 6.47. The molecule has 1 aromatic heterocycles. The molecule has 0 unspecified atom stereocenters. The third kappa shape index (κ3) is 2.99. The number of H-pyrrole nitrogens is 1. The zero-order chi connectivity index (χ0) is 12.6. The lowest BCUT2D eigenvalue weighted by molar-refractivity contribution is 0.996. The van der Waals surface area contributed by atoms with Gasteiger partial charge in [0.1, 0.15) is 0 Å². The van der Waals surface area contributed by atoms with Gasteiger partial charge in [-0.2, -0.15) is 5.10 Å². The van der Waals surface area contributed by atoms with E-state index in [1.165, 1.54) is 0 Å². The summed E-state index contributed by atoms with van der Waals surface area (Å²) >= 11 is 0. The quantitative estimate of drug-likeness (QED) is 0.366. The molecule has 18 heavy (non-hydrogen) atoms. The molecule has 0 aliphatic heterocycles. The number of rotatable bonds is 5. The van der Waals surface area contributed by atoms with Crippen molar-refractivity contribution >= 4 is 6.08 Å². The zero-order valence-electron chi connectivity index (χ0n) is 9.82. The van der Waals surface area contributed by atoms with Crippen molar-refractivity contribution in [1.29, 1.82) is 0 Å². The highest BCUT2D eigenvalue weighted by Crippen LogP contribution is 2.21. The lowest BCUT2D eigenvalue weighted by atomic mass is 10.1. The van der Waals surface area contributed by atoms with E-state index in [9.17, 15) is 0 Å². The van der Waals surface area contributed by atoms with Gasteiger partial charge in [0.05, 0.1) is 11.9 Å². The smallest absolute Gasteiger partial charge is 0.0722 e. The summed E-state index contributed by atoms with van der Waals surface area (Å²) in [5, 5.41) is 10.5. The molecule has 0 aliphatic rings. The zero-order valence-corrected chi connectivity index (χ0v) is 9.82. The van der Waals surface area contributed by atoms with E-state index in [1.807, 2.05) is 42.5 Å². The summed E-state index contributed by atoms with van der Waals surface area (Å²) in [6, 6.07) is 10.0. The molecule has 0 spiro atoms. The van der Waals surface area contributed by atoms with Crippen molar-refractivity contribution in [2.75, 3.05) is 6.54 Å². The fourth-order valence-electron chi connectivity index (χ4n) is 1.65. The SMILES string of the molecule is [N-]=[N+]=NCCC=Cc1cn[nH]c1-c1ccccc1. The van der Waals surface area contributed by atoms with E-state index in [0.29, 0.717) is 6.54 Å². The van der Waals surface area contributed by atoms with Crippen LogP contribution < -0.4 is 0 Å². The van der Waals surface area contributed by atoms with Crippen LogP contribution in [0.1, 0.15) is 12.0 Å². The topological polar surface area (TPSA) is 77.4 Å². The van der Waals surface area contributed by atoms with Crippen LogP contribution in [0.25, 0.3) is 27.8 Å². The highest BCUT2D eigenvalue weighted by Gasteiger charge is 2.03. The van der Waals surface area contributed by atoms with E-state index in [0.717, 1.165) is 23.2 Å². The van der Waals surface area contributed by atoms with Crippen LogP contribution in [0.15, 0.2) is 47.7 Å². The molecule has 2 aromatic rings. The second-order valence-corrected chi connectivity index (χ2v) is 3.71. The average molecular weight is 239 g/mol. The molecule has 2 rings (SSSR count). The van der Waals surface area contributed by atoms with Crippen LogP contribution in [-0.4, -0.2) is 16.7 Å². The predicted molar refractivity (Wildman–Crippen MR) is 71.7 cm³/mol. The van der Waals surface area contributed by atoms with Crippen LogP contribution in [0.5, 0.6) is 0 Å². The second kappa shape index (κ2) is 6.27. The Bertz CT molecular complexity index is 564. The molecule has 0 bridgehead atoms. The number of nitrogens with zero attached hydrogens (tertiary/aromatic N) is 4. The number of hydrogen-bond donors (Lipinski definition) is 1. The highest BCUT2D eigenvalue weighted by molar-refractivity contribution is 5.71. The minimum absolute atomic E-state index is 0.478. The van der Waals surface area contributed by atoms with Crippen LogP contribution in [-0.2, 0) is 0 Å². The molecule has 0 aliphatic carbocycles. The summed E-state index contributed by atoms with van der Waals surface area (Å²) in [4.78, 5) is 2.71. The van der Waals surface area contributed by atoms with Crippen LogP contribution in [0.3, 0.4) is 0 Å². The summed E-state index contributed by atoms with van der Waals surface area (Å²) in [5.41, 5.74) is 11.3. The van der Waals surface area contributed by atoms with Gasteiger partial charge in [-0.05, 0) is 12.0 Å². The molecular formula is C13H13N5. The lowest BCUT2D eigenvalue weighted by Crippen LogP contribution is -1.80. The number of aromatic amines is 1. The molecule has 90 valence electrons. The fraction of sp³-hybridized carbons (Fsp3) is 0.154. The maximum Gasteiger partial charge on any atom is 0.0722 e. The second-order valence-electron chi connectivity index (χ2n) is 3.71. The maximum absolute atomic E-state index is 8.16. The van der Waals surface area contributed by atoms with E-state index < -0.39 is 0 Å². The molecule has 1 heterocycles. The van der Waals surface area contributed by atoms with Gasteiger partial charge in [0.15, 0.2) is 0 Å². The van der Waals surface area contributed by atoms with Crippen LogP contribution in [0.4, 0.5) is 0 Å². The molecule has 5 nitrogen and oxygen atoms in total. The number of azide groups is 1. The van der Waals surface area contributed by atoms with Crippen molar-refractivity contribution in [3.63, 3.8) is 0 Å². The molecule has 1 N–H and O–H groups in total. The summed E-state index contributed by atoms with van der Waals surface area (Å²) in [5.74, 6) is 0. The minimum atomic E-state index is 0.478. The molecule has 1 aromatic carbocycles. The number of hydrogen-bond acceptors (Lipinski definition) is 2. The fourth-order valence-corrected chi connectivity index (χ4v) is 1.65. The molecule has 5 heteroatoms. The summed E-state index contributed by atoms with van der Waals surface area (Å²) in [7, 11) is 0. The monoisotopic (exact) mass is 239 g/mol. The molecule has 0 amide bonds. The standard InChI is InChI=1S/C13H13N5/c14-18-15-9-5-4-8-12-10-16-17-13(12)11-6-2-1-3-7-11/h1-4,6-8,10H,5,9H2,(H,16,17). The molecule has 0 saturated heterocycles. The maximum atomic E-state index is 8.16. The Morgan fingerprint density at radius 1 is 1.33 bits per heavy atom. The van der Waals surface area contributed by atoms with E-state index in [-0.39, 0.29) is 0 Å². The van der Waals surface area contributed by atoms with E-state index in [4.69, 9.17) is 5.53 Å². The predicted octanol–water partition coefficient (Wildman–Crippen LogP) is 3.79. The Hall–Kier alpha value is -2.52. The van der Waals surface area contributed by atoms with Crippen LogP contribution >= 0.6 is 0 Å². The first-order valence-electron chi connectivity index (χ1n) is 5.68. The first-order chi connectivity index (χ1) is 8.92. The first kappa shape index (κ1) is 12.0. The van der Waals surface area contributed by atoms with Crippen molar-refractivity contribution < 1.29 is 0 Å². The van der Waals surface area contributed by atoms with E-state index in [1.54, 1.807) is 6.20 Å². The lowest BCUT2D eigenvalue weighted by Gasteiger charge is -1.98. The number of benzene rings is 1. The molecule has 0 fully saturated rings. The van der Waals surface area contributed by atoms with Crippen LogP contribution in [0, 0.1) is 0 Å². The summed E-state index contributed by atoms with van der Waals surface area (Å²) in [6.45, 7) is 0.478. The van der Waals surface area contributed by atoms with Crippen molar-refractivity contribution in [2.45, 2.75) is 6.42 Å². The molecular weight excluding hydrogens is 226 g/mol. The van der Waals surface area contributed by atoms with Gasteiger partial charge in [-0.15, -0.1) is 0 Å². The normalized spacial score (nSPS) is 10.4. The van der Waals surface area contributed by atoms with Crippen molar-refractivity contribution in [3.05, 3.63) is 58.6 Å². The van der Waals surface area contributed by atoms with Gasteiger partial charge < -0.3 is 0 Å². The Kier molecular flexibility index (Phi) is 4.16. The third-order valence-electron chi connectivity index (χ3n) is 2.49. The Labute approximate surface area is 105 Å². The van der Waals surface area contributed by atoms with Gasteiger partial charge in [-0.3, -0.25) is 5.10 Å². The van der Waals surface area contributed by atoms with Crippen LogP contribution in [0.2, 0.25) is 0 Å². The van der Waals surface area contributed by atoms with Gasteiger partial charge in [0.2, 0.25) is 0 Å². The van der Waals surface area contributed by atoms with Gasteiger partial charge in [-0.25, -0.2) is 0 Å². The van der Waals surface area contributed by atoms with Gasteiger partial charge in [0.25, 0.3) is 0 Å². The third-order valence-corrected chi connectivity index (χ3v) is 2.49. The van der Waals surface area contributed by atoms with E-state index >= 15 is 0 Å².